The van der Waals surface area contributed by atoms with E-state index in [1.54, 1.807) is 25.1 Å². The maximum Gasteiger partial charge on any atom is 0.330 e. The van der Waals surface area contributed by atoms with Gasteiger partial charge in [0.25, 0.3) is 0 Å². The molecule has 3 rings (SSSR count). The van der Waals surface area contributed by atoms with Gasteiger partial charge in [-0.1, -0.05) is 30.3 Å². The molecule has 0 N–H and O–H groups in total. The molecule has 3 aromatic rings. The fourth-order valence-corrected chi connectivity index (χ4v) is 2.42. The van der Waals surface area contributed by atoms with E-state index in [9.17, 15) is 9.59 Å². The minimum Gasteiger partial charge on any atom is -0.489 e. The Morgan fingerprint density at radius 2 is 1.96 bits per heavy atom. The standard InChI is InChI=1S/C21H18O5/c1-2-24-20(22)11-8-16-14-26-19-10-9-17(12-18(19)21(16)23)25-13-15-6-4-3-5-7-15/h3-12,14H,2,13H2,1H3/b11-8+. The van der Waals surface area contributed by atoms with Crippen LogP contribution in [-0.4, -0.2) is 12.6 Å². The van der Waals surface area contributed by atoms with Crippen LogP contribution in [0, 0.1) is 0 Å². The smallest absolute Gasteiger partial charge is 0.330 e. The molecule has 0 aliphatic carbocycles. The molecule has 0 bridgehead atoms. The topological polar surface area (TPSA) is 65.7 Å². The van der Waals surface area contributed by atoms with Crippen LogP contribution >= 0.6 is 0 Å². The Bertz CT molecular complexity index is 986. The van der Waals surface area contributed by atoms with Gasteiger partial charge in [-0.2, -0.15) is 0 Å². The van der Waals surface area contributed by atoms with Gasteiger partial charge in [0.1, 0.15) is 24.2 Å². The van der Waals surface area contributed by atoms with Crippen molar-refractivity contribution in [3.05, 3.63) is 82.2 Å². The molecule has 1 aromatic heterocycles. The lowest BCUT2D eigenvalue weighted by Crippen LogP contribution is -2.06. The third-order valence-electron chi connectivity index (χ3n) is 3.70. The van der Waals surface area contributed by atoms with Gasteiger partial charge >= 0.3 is 5.97 Å². The number of carbonyl (C=O) groups is 1. The summed E-state index contributed by atoms with van der Waals surface area (Å²) in [7, 11) is 0. The number of hydrogen-bond donors (Lipinski definition) is 0. The van der Waals surface area contributed by atoms with Crippen molar-refractivity contribution < 1.29 is 18.7 Å². The Kier molecular flexibility index (Phi) is 5.49. The van der Waals surface area contributed by atoms with E-state index in [-0.39, 0.29) is 17.6 Å². The molecule has 26 heavy (non-hydrogen) atoms. The van der Waals surface area contributed by atoms with Gasteiger partial charge < -0.3 is 13.9 Å². The van der Waals surface area contributed by atoms with Gasteiger partial charge in [-0.15, -0.1) is 0 Å². The predicted octanol–water partition coefficient (Wildman–Crippen LogP) is 3.95. The van der Waals surface area contributed by atoms with Crippen molar-refractivity contribution >= 4 is 23.0 Å². The summed E-state index contributed by atoms with van der Waals surface area (Å²) < 4.78 is 16.0. The third-order valence-corrected chi connectivity index (χ3v) is 3.70. The Hall–Kier alpha value is -3.34. The van der Waals surface area contributed by atoms with Gasteiger partial charge in [0.05, 0.1) is 17.6 Å². The minimum absolute atomic E-state index is 0.239. The SMILES string of the molecule is CCOC(=O)/C=C/c1coc2ccc(OCc3ccccc3)cc2c1=O. The second kappa shape index (κ2) is 8.16. The predicted molar refractivity (Wildman–Crippen MR) is 98.9 cm³/mol. The summed E-state index contributed by atoms with van der Waals surface area (Å²) >= 11 is 0. The molecule has 0 amide bonds. The fraction of sp³-hybridized carbons (Fsp3) is 0.143. The molecule has 0 aliphatic heterocycles. The van der Waals surface area contributed by atoms with E-state index in [1.165, 1.54) is 18.4 Å². The number of carbonyl (C=O) groups excluding carboxylic acids is 1. The monoisotopic (exact) mass is 350 g/mol. The van der Waals surface area contributed by atoms with Crippen LogP contribution in [0.3, 0.4) is 0 Å². The lowest BCUT2D eigenvalue weighted by atomic mass is 10.1. The lowest BCUT2D eigenvalue weighted by molar-refractivity contribution is -0.137. The molecule has 0 fully saturated rings. The zero-order chi connectivity index (χ0) is 18.4. The molecule has 0 atom stereocenters. The van der Waals surface area contributed by atoms with Crippen LogP contribution in [0.1, 0.15) is 18.1 Å². The molecule has 0 spiro atoms. The van der Waals surface area contributed by atoms with Crippen LogP contribution in [0.25, 0.3) is 17.0 Å². The third kappa shape index (κ3) is 4.19. The van der Waals surface area contributed by atoms with Gasteiger partial charge in [-0.3, -0.25) is 4.79 Å². The highest BCUT2D eigenvalue weighted by Gasteiger charge is 2.07. The van der Waals surface area contributed by atoms with Gasteiger partial charge in [-0.05, 0) is 36.8 Å². The molecule has 0 radical (unpaired) electrons. The first-order valence-electron chi connectivity index (χ1n) is 8.24. The molecular formula is C21H18O5. The van der Waals surface area contributed by atoms with E-state index >= 15 is 0 Å². The molecule has 0 unspecified atom stereocenters. The average molecular weight is 350 g/mol. The zero-order valence-electron chi connectivity index (χ0n) is 14.3. The highest BCUT2D eigenvalue weighted by molar-refractivity contribution is 5.88. The molecule has 1 heterocycles. The Morgan fingerprint density at radius 1 is 1.15 bits per heavy atom. The lowest BCUT2D eigenvalue weighted by Gasteiger charge is -2.07. The second-order valence-electron chi connectivity index (χ2n) is 5.54. The van der Waals surface area contributed by atoms with Crippen molar-refractivity contribution in [2.75, 3.05) is 6.61 Å². The van der Waals surface area contributed by atoms with Crippen molar-refractivity contribution in [3.8, 4) is 5.75 Å². The van der Waals surface area contributed by atoms with E-state index < -0.39 is 5.97 Å². The van der Waals surface area contributed by atoms with Crippen LogP contribution in [-0.2, 0) is 16.1 Å². The molecule has 5 nitrogen and oxygen atoms in total. The summed E-state index contributed by atoms with van der Waals surface area (Å²) in [4.78, 5) is 24.0. The Balaban J connectivity index is 1.84. The number of esters is 1. The quantitative estimate of drug-likeness (QED) is 0.497. The first-order chi connectivity index (χ1) is 12.7. The molecule has 132 valence electrons. The van der Waals surface area contributed by atoms with Gasteiger partial charge in [-0.25, -0.2) is 4.79 Å². The minimum atomic E-state index is -0.507. The Morgan fingerprint density at radius 3 is 2.73 bits per heavy atom. The van der Waals surface area contributed by atoms with Crippen molar-refractivity contribution in [2.45, 2.75) is 13.5 Å². The molecule has 2 aromatic carbocycles. The first kappa shape index (κ1) is 17.5. The number of ether oxygens (including phenoxy) is 2. The van der Waals surface area contributed by atoms with Crippen molar-refractivity contribution in [2.24, 2.45) is 0 Å². The zero-order valence-corrected chi connectivity index (χ0v) is 14.3. The number of hydrogen-bond acceptors (Lipinski definition) is 5. The van der Waals surface area contributed by atoms with Crippen molar-refractivity contribution in [1.82, 2.24) is 0 Å². The fourth-order valence-electron chi connectivity index (χ4n) is 2.42. The summed E-state index contributed by atoms with van der Waals surface area (Å²) in [5.41, 5.74) is 1.52. The molecule has 0 saturated carbocycles. The normalized spacial score (nSPS) is 11.0. The van der Waals surface area contributed by atoms with Crippen molar-refractivity contribution in [1.29, 1.82) is 0 Å². The van der Waals surface area contributed by atoms with Crippen LogP contribution in [0.4, 0.5) is 0 Å². The maximum atomic E-state index is 12.6. The van der Waals surface area contributed by atoms with E-state index in [0.29, 0.717) is 23.3 Å². The summed E-state index contributed by atoms with van der Waals surface area (Å²) in [6, 6.07) is 14.8. The van der Waals surface area contributed by atoms with Crippen molar-refractivity contribution in [3.63, 3.8) is 0 Å². The number of rotatable bonds is 6. The number of benzene rings is 2. The molecular weight excluding hydrogens is 332 g/mol. The average Bonchev–Trinajstić information content (AvgIpc) is 2.67. The molecule has 5 heteroatoms. The van der Waals surface area contributed by atoms with Crippen LogP contribution in [0.2, 0.25) is 0 Å². The van der Waals surface area contributed by atoms with E-state index in [0.717, 1.165) is 5.56 Å². The van der Waals surface area contributed by atoms with E-state index in [4.69, 9.17) is 13.9 Å². The largest absolute Gasteiger partial charge is 0.489 e. The van der Waals surface area contributed by atoms with Crippen LogP contribution < -0.4 is 10.2 Å². The molecule has 0 saturated heterocycles. The highest BCUT2D eigenvalue weighted by atomic mass is 16.5. The van der Waals surface area contributed by atoms with Gasteiger partial charge in [0.15, 0.2) is 5.43 Å². The highest BCUT2D eigenvalue weighted by Crippen LogP contribution is 2.20. The van der Waals surface area contributed by atoms with E-state index in [1.807, 2.05) is 30.3 Å². The molecule has 0 aliphatic rings. The Labute approximate surface area is 150 Å². The summed E-state index contributed by atoms with van der Waals surface area (Å²) in [5, 5.41) is 0.390. The summed E-state index contributed by atoms with van der Waals surface area (Å²) in [6.07, 6.45) is 3.92. The summed E-state index contributed by atoms with van der Waals surface area (Å²) in [6.45, 7) is 2.39. The van der Waals surface area contributed by atoms with Crippen LogP contribution in [0.15, 0.2) is 70.1 Å². The maximum absolute atomic E-state index is 12.6. The first-order valence-corrected chi connectivity index (χ1v) is 8.24. The second-order valence-corrected chi connectivity index (χ2v) is 5.54. The van der Waals surface area contributed by atoms with Crippen LogP contribution in [0.5, 0.6) is 5.75 Å². The van der Waals surface area contributed by atoms with Gasteiger partial charge in [0, 0.05) is 6.08 Å². The summed E-state index contributed by atoms with van der Waals surface area (Å²) in [5.74, 6) is 0.0621. The van der Waals surface area contributed by atoms with Gasteiger partial charge in [0.2, 0.25) is 0 Å². The number of fused-ring (bicyclic) bond motifs is 1. The van der Waals surface area contributed by atoms with E-state index in [2.05, 4.69) is 0 Å².